The van der Waals surface area contributed by atoms with E-state index in [1.807, 2.05) is 0 Å². The molecule has 1 heterocycles. The van der Waals surface area contributed by atoms with Crippen molar-refractivity contribution < 1.29 is 15.0 Å². The van der Waals surface area contributed by atoms with Crippen molar-refractivity contribution in [2.24, 2.45) is 0 Å². The monoisotopic (exact) mass is 241 g/mol. The van der Waals surface area contributed by atoms with Crippen LogP contribution in [0.5, 0.6) is 0 Å². The maximum absolute atomic E-state index is 11.1. The SMILES string of the molecule is Cc1c(Cl)ccc2c1NCCC2(O)C(=O)O. The minimum absolute atomic E-state index is 0.149. The summed E-state index contributed by atoms with van der Waals surface area (Å²) in [6, 6.07) is 3.17. The van der Waals surface area contributed by atoms with Gasteiger partial charge in [-0.3, -0.25) is 0 Å². The average molecular weight is 242 g/mol. The smallest absolute Gasteiger partial charge is 0.340 e. The van der Waals surface area contributed by atoms with Crippen LogP contribution in [0.25, 0.3) is 0 Å². The zero-order chi connectivity index (χ0) is 11.9. The van der Waals surface area contributed by atoms with Gasteiger partial charge in [-0.25, -0.2) is 4.79 Å². The van der Waals surface area contributed by atoms with Crippen molar-refractivity contribution in [2.45, 2.75) is 18.9 Å². The number of aliphatic hydroxyl groups is 1. The first-order chi connectivity index (χ1) is 7.47. The molecule has 1 atom stereocenters. The van der Waals surface area contributed by atoms with Gasteiger partial charge < -0.3 is 15.5 Å². The maximum atomic E-state index is 11.1. The largest absolute Gasteiger partial charge is 0.479 e. The number of hydrogen-bond donors (Lipinski definition) is 3. The van der Waals surface area contributed by atoms with Gasteiger partial charge in [-0.15, -0.1) is 0 Å². The highest BCUT2D eigenvalue weighted by Gasteiger charge is 2.42. The first kappa shape index (κ1) is 11.2. The molecule has 1 unspecified atom stereocenters. The summed E-state index contributed by atoms with van der Waals surface area (Å²) in [5, 5.41) is 22.9. The number of hydrogen-bond acceptors (Lipinski definition) is 3. The van der Waals surface area contributed by atoms with Crippen LogP contribution in [0, 0.1) is 6.92 Å². The molecule has 0 spiro atoms. The van der Waals surface area contributed by atoms with Crippen LogP contribution in [-0.2, 0) is 10.4 Å². The minimum Gasteiger partial charge on any atom is -0.479 e. The van der Waals surface area contributed by atoms with Crippen LogP contribution < -0.4 is 5.32 Å². The quantitative estimate of drug-likeness (QED) is 0.701. The van der Waals surface area contributed by atoms with Crippen LogP contribution in [0.4, 0.5) is 5.69 Å². The second-order valence-corrected chi connectivity index (χ2v) is 4.34. The second-order valence-electron chi connectivity index (χ2n) is 3.94. The van der Waals surface area contributed by atoms with E-state index in [-0.39, 0.29) is 6.42 Å². The number of halogens is 1. The lowest BCUT2D eigenvalue weighted by atomic mass is 9.85. The van der Waals surface area contributed by atoms with E-state index in [2.05, 4.69) is 5.32 Å². The fraction of sp³-hybridized carbons (Fsp3) is 0.364. The maximum Gasteiger partial charge on any atom is 0.340 e. The summed E-state index contributed by atoms with van der Waals surface area (Å²) in [7, 11) is 0. The Hall–Kier alpha value is -1.26. The molecule has 0 radical (unpaired) electrons. The molecule has 4 nitrogen and oxygen atoms in total. The number of carboxylic acid groups (broad SMARTS) is 1. The molecule has 1 aromatic carbocycles. The molecule has 2 rings (SSSR count). The zero-order valence-electron chi connectivity index (χ0n) is 8.75. The third-order valence-electron chi connectivity index (χ3n) is 2.99. The van der Waals surface area contributed by atoms with Gasteiger partial charge in [-0.05, 0) is 18.6 Å². The van der Waals surface area contributed by atoms with Crippen molar-refractivity contribution in [3.05, 3.63) is 28.3 Å². The summed E-state index contributed by atoms with van der Waals surface area (Å²) in [6.45, 7) is 2.21. The van der Waals surface area contributed by atoms with Crippen LogP contribution in [0.15, 0.2) is 12.1 Å². The number of anilines is 1. The Balaban J connectivity index is 2.65. The van der Waals surface area contributed by atoms with Gasteiger partial charge in [0.25, 0.3) is 0 Å². The van der Waals surface area contributed by atoms with Crippen molar-refractivity contribution in [2.75, 3.05) is 11.9 Å². The highest BCUT2D eigenvalue weighted by Crippen LogP contribution is 2.39. The summed E-state index contributed by atoms with van der Waals surface area (Å²) in [6.07, 6.45) is 0.149. The van der Waals surface area contributed by atoms with E-state index in [1.54, 1.807) is 19.1 Å². The van der Waals surface area contributed by atoms with Crippen LogP contribution in [0.2, 0.25) is 5.02 Å². The Bertz CT molecular complexity index is 461. The summed E-state index contributed by atoms with van der Waals surface area (Å²) < 4.78 is 0. The van der Waals surface area contributed by atoms with E-state index in [0.717, 1.165) is 5.56 Å². The van der Waals surface area contributed by atoms with E-state index >= 15 is 0 Å². The van der Waals surface area contributed by atoms with Crippen molar-refractivity contribution in [3.8, 4) is 0 Å². The molecule has 1 aliphatic rings. The van der Waals surface area contributed by atoms with E-state index in [9.17, 15) is 9.90 Å². The van der Waals surface area contributed by atoms with Crippen LogP contribution in [0.1, 0.15) is 17.5 Å². The molecule has 0 aliphatic carbocycles. The molecule has 16 heavy (non-hydrogen) atoms. The molecule has 0 amide bonds. The molecule has 0 aromatic heterocycles. The van der Waals surface area contributed by atoms with Gasteiger partial charge in [-0.2, -0.15) is 0 Å². The fourth-order valence-electron chi connectivity index (χ4n) is 1.98. The average Bonchev–Trinajstić information content (AvgIpc) is 2.24. The van der Waals surface area contributed by atoms with Gasteiger partial charge in [-0.1, -0.05) is 17.7 Å². The molecule has 3 N–H and O–H groups in total. The third kappa shape index (κ3) is 1.45. The zero-order valence-corrected chi connectivity index (χ0v) is 9.51. The second kappa shape index (κ2) is 3.64. The molecular formula is C11H12ClNO3. The van der Waals surface area contributed by atoms with Crippen LogP contribution in [-0.4, -0.2) is 22.7 Å². The van der Waals surface area contributed by atoms with Gasteiger partial charge in [0.2, 0.25) is 0 Å². The van der Waals surface area contributed by atoms with E-state index in [1.165, 1.54) is 0 Å². The number of fused-ring (bicyclic) bond motifs is 1. The summed E-state index contributed by atoms with van der Waals surface area (Å²) in [5.74, 6) is -1.23. The van der Waals surface area contributed by atoms with Crippen molar-refractivity contribution in [1.82, 2.24) is 0 Å². The van der Waals surface area contributed by atoms with E-state index < -0.39 is 11.6 Å². The Kier molecular flexibility index (Phi) is 2.56. The summed E-state index contributed by atoms with van der Waals surface area (Å²) >= 11 is 5.95. The highest BCUT2D eigenvalue weighted by atomic mass is 35.5. The van der Waals surface area contributed by atoms with Gasteiger partial charge in [0.05, 0.1) is 0 Å². The lowest BCUT2D eigenvalue weighted by Crippen LogP contribution is -2.41. The Morgan fingerprint density at radius 2 is 2.25 bits per heavy atom. The summed E-state index contributed by atoms with van der Waals surface area (Å²) in [5.41, 5.74) is -0.0361. The summed E-state index contributed by atoms with van der Waals surface area (Å²) in [4.78, 5) is 11.1. The lowest BCUT2D eigenvalue weighted by Gasteiger charge is -2.32. The van der Waals surface area contributed by atoms with Gasteiger partial charge in [0.1, 0.15) is 0 Å². The minimum atomic E-state index is -1.81. The molecule has 0 saturated heterocycles. The molecule has 1 aliphatic heterocycles. The Labute approximate surface area is 97.9 Å². The molecule has 0 saturated carbocycles. The molecule has 86 valence electrons. The lowest BCUT2D eigenvalue weighted by molar-refractivity contribution is -0.160. The number of benzene rings is 1. The first-order valence-electron chi connectivity index (χ1n) is 4.96. The molecule has 1 aromatic rings. The van der Waals surface area contributed by atoms with Gasteiger partial charge >= 0.3 is 5.97 Å². The van der Waals surface area contributed by atoms with E-state index in [0.29, 0.717) is 22.8 Å². The number of nitrogens with one attached hydrogen (secondary N) is 1. The first-order valence-corrected chi connectivity index (χ1v) is 5.34. The van der Waals surface area contributed by atoms with Crippen molar-refractivity contribution in [3.63, 3.8) is 0 Å². The van der Waals surface area contributed by atoms with Crippen molar-refractivity contribution in [1.29, 1.82) is 0 Å². The third-order valence-corrected chi connectivity index (χ3v) is 3.40. The van der Waals surface area contributed by atoms with Gasteiger partial charge in [0.15, 0.2) is 5.60 Å². The standard InChI is InChI=1S/C11H12ClNO3/c1-6-8(12)3-2-7-9(6)13-5-4-11(7,16)10(14)15/h2-3,13,16H,4-5H2,1H3,(H,14,15). The molecule has 5 heteroatoms. The fourth-order valence-corrected chi connectivity index (χ4v) is 2.14. The predicted molar refractivity (Wildman–Crippen MR) is 60.8 cm³/mol. The molecular weight excluding hydrogens is 230 g/mol. The Morgan fingerprint density at radius 3 is 2.88 bits per heavy atom. The number of carbonyl (C=O) groups is 1. The van der Waals surface area contributed by atoms with Crippen molar-refractivity contribution >= 4 is 23.3 Å². The predicted octanol–water partition coefficient (Wildman–Crippen LogP) is 1.74. The normalized spacial score (nSPS) is 23.4. The molecule has 0 bridgehead atoms. The van der Waals surface area contributed by atoms with Gasteiger partial charge in [0, 0.05) is 29.2 Å². The number of rotatable bonds is 1. The molecule has 0 fully saturated rings. The van der Waals surface area contributed by atoms with Crippen LogP contribution >= 0.6 is 11.6 Å². The number of aliphatic carboxylic acids is 1. The van der Waals surface area contributed by atoms with E-state index in [4.69, 9.17) is 16.7 Å². The van der Waals surface area contributed by atoms with Crippen LogP contribution in [0.3, 0.4) is 0 Å². The highest BCUT2D eigenvalue weighted by molar-refractivity contribution is 6.31. The Morgan fingerprint density at radius 1 is 1.56 bits per heavy atom. The number of carboxylic acids is 1. The topological polar surface area (TPSA) is 69.6 Å².